The third-order valence-corrected chi connectivity index (χ3v) is 3.52. The van der Waals surface area contributed by atoms with Crippen LogP contribution in [0.25, 0.3) is 10.8 Å². The molecule has 2 aromatic carbocycles. The van der Waals surface area contributed by atoms with Gasteiger partial charge in [-0.2, -0.15) is 0 Å². The molecule has 0 N–H and O–H groups in total. The Morgan fingerprint density at radius 1 is 1.21 bits per heavy atom. The van der Waals surface area contributed by atoms with Gasteiger partial charge in [0, 0.05) is 18.7 Å². The van der Waals surface area contributed by atoms with Gasteiger partial charge in [-0.15, -0.1) is 0 Å². The predicted octanol–water partition coefficient (Wildman–Crippen LogP) is 3.52. The Bertz CT molecular complexity index is 643. The molecular weight excluding hydrogens is 238 g/mol. The lowest BCUT2D eigenvalue weighted by Gasteiger charge is -2.16. The molecular formula is C16H15NO2. The fraction of sp³-hybridized carbons (Fsp3) is 0.188. The maximum absolute atomic E-state index is 11.5. The van der Waals surface area contributed by atoms with Gasteiger partial charge in [0.05, 0.1) is 7.11 Å². The summed E-state index contributed by atoms with van der Waals surface area (Å²) in [4.78, 5) is 13.1. The van der Waals surface area contributed by atoms with Crippen molar-refractivity contribution in [3.05, 3.63) is 60.3 Å². The number of carbonyl (C=O) groups is 1. The number of methoxy groups -OCH3 is 1. The van der Waals surface area contributed by atoms with Crippen LogP contribution in [-0.4, -0.2) is 24.6 Å². The molecule has 0 fully saturated rings. The van der Waals surface area contributed by atoms with Crippen molar-refractivity contribution in [3.63, 3.8) is 0 Å². The van der Waals surface area contributed by atoms with Gasteiger partial charge in [0.15, 0.2) is 0 Å². The Kier molecular flexibility index (Phi) is 2.95. The van der Waals surface area contributed by atoms with E-state index in [4.69, 9.17) is 4.74 Å². The topological polar surface area (TPSA) is 29.5 Å². The van der Waals surface area contributed by atoms with Gasteiger partial charge in [-0.3, -0.25) is 4.90 Å². The molecule has 0 aromatic heterocycles. The summed E-state index contributed by atoms with van der Waals surface area (Å²) in [6.07, 6.45) is 3.55. The number of hydrogen-bond acceptors (Lipinski definition) is 2. The van der Waals surface area contributed by atoms with Crippen LogP contribution in [0.3, 0.4) is 0 Å². The number of ether oxygens (including phenoxy) is 1. The van der Waals surface area contributed by atoms with Crippen LogP contribution in [-0.2, 0) is 4.74 Å². The van der Waals surface area contributed by atoms with Gasteiger partial charge in [-0.1, -0.05) is 48.5 Å². The van der Waals surface area contributed by atoms with Crippen molar-refractivity contribution < 1.29 is 9.53 Å². The fourth-order valence-corrected chi connectivity index (χ4v) is 2.57. The summed E-state index contributed by atoms with van der Waals surface area (Å²) in [6, 6.07) is 14.6. The van der Waals surface area contributed by atoms with Crippen LogP contribution >= 0.6 is 0 Å². The second-order valence-electron chi connectivity index (χ2n) is 4.64. The number of benzene rings is 2. The largest absolute Gasteiger partial charge is 0.452 e. The van der Waals surface area contributed by atoms with Crippen LogP contribution in [0.1, 0.15) is 11.5 Å². The second-order valence-corrected chi connectivity index (χ2v) is 4.64. The molecule has 3 heteroatoms. The summed E-state index contributed by atoms with van der Waals surface area (Å²) >= 11 is 0. The van der Waals surface area contributed by atoms with Crippen LogP contribution < -0.4 is 0 Å². The Balaban J connectivity index is 1.95. The zero-order chi connectivity index (χ0) is 13.2. The van der Waals surface area contributed by atoms with E-state index in [0.29, 0.717) is 6.54 Å². The third kappa shape index (κ3) is 2.08. The number of carbonyl (C=O) groups excluding carboxylic acids is 1. The van der Waals surface area contributed by atoms with Crippen LogP contribution in [0.4, 0.5) is 4.79 Å². The van der Waals surface area contributed by atoms with Crippen LogP contribution in [0.2, 0.25) is 0 Å². The Morgan fingerprint density at radius 3 is 2.84 bits per heavy atom. The quantitative estimate of drug-likeness (QED) is 0.778. The molecule has 2 aromatic rings. The summed E-state index contributed by atoms with van der Waals surface area (Å²) in [5.74, 6) is 0.227. The lowest BCUT2D eigenvalue weighted by molar-refractivity contribution is 0.142. The lowest BCUT2D eigenvalue weighted by Crippen LogP contribution is -2.25. The highest BCUT2D eigenvalue weighted by atomic mass is 16.5. The number of amides is 1. The molecule has 1 aliphatic rings. The molecule has 1 heterocycles. The SMILES string of the molecule is COC(=O)N1C=CC(c2cccc3ccccc23)C1. The van der Waals surface area contributed by atoms with E-state index in [0.717, 1.165) is 0 Å². The van der Waals surface area contributed by atoms with Crippen molar-refractivity contribution in [3.8, 4) is 0 Å². The molecule has 3 rings (SSSR count). The van der Waals surface area contributed by atoms with Crippen LogP contribution in [0.5, 0.6) is 0 Å². The molecule has 1 atom stereocenters. The van der Waals surface area contributed by atoms with E-state index in [1.54, 1.807) is 11.1 Å². The minimum atomic E-state index is -0.306. The van der Waals surface area contributed by atoms with Gasteiger partial charge >= 0.3 is 6.09 Å². The first-order chi connectivity index (χ1) is 9.29. The Labute approximate surface area is 112 Å². The molecule has 1 aliphatic heterocycles. The standard InChI is InChI=1S/C16H15NO2/c1-19-16(18)17-10-9-13(11-17)15-8-4-6-12-5-2-3-7-14(12)15/h2-10,13H,11H2,1H3. The highest BCUT2D eigenvalue weighted by Gasteiger charge is 2.23. The van der Waals surface area contributed by atoms with E-state index >= 15 is 0 Å². The summed E-state index contributed by atoms with van der Waals surface area (Å²) < 4.78 is 4.74. The lowest BCUT2D eigenvalue weighted by atomic mass is 9.94. The van der Waals surface area contributed by atoms with E-state index in [1.807, 2.05) is 12.1 Å². The number of rotatable bonds is 1. The zero-order valence-corrected chi connectivity index (χ0v) is 10.7. The van der Waals surface area contributed by atoms with Gasteiger partial charge in [-0.05, 0) is 16.3 Å². The second kappa shape index (κ2) is 4.76. The molecule has 0 saturated carbocycles. The maximum Gasteiger partial charge on any atom is 0.413 e. The van der Waals surface area contributed by atoms with Crippen molar-refractivity contribution >= 4 is 16.9 Å². The first kappa shape index (κ1) is 11.8. The van der Waals surface area contributed by atoms with Crippen LogP contribution in [0, 0.1) is 0 Å². The molecule has 1 amide bonds. The van der Waals surface area contributed by atoms with Crippen molar-refractivity contribution in [2.24, 2.45) is 0 Å². The number of nitrogens with zero attached hydrogens (tertiary/aromatic N) is 1. The van der Waals surface area contributed by atoms with Gasteiger partial charge in [0.25, 0.3) is 0 Å². The van der Waals surface area contributed by atoms with Crippen molar-refractivity contribution in [1.82, 2.24) is 4.90 Å². The molecule has 1 unspecified atom stereocenters. The minimum absolute atomic E-state index is 0.227. The monoisotopic (exact) mass is 253 g/mol. The van der Waals surface area contributed by atoms with Crippen molar-refractivity contribution in [2.45, 2.75) is 5.92 Å². The summed E-state index contributed by atoms with van der Waals surface area (Å²) in [5, 5.41) is 2.47. The average molecular weight is 253 g/mol. The molecule has 0 radical (unpaired) electrons. The first-order valence-corrected chi connectivity index (χ1v) is 6.30. The zero-order valence-electron chi connectivity index (χ0n) is 10.7. The van der Waals surface area contributed by atoms with Gasteiger partial charge in [0.2, 0.25) is 0 Å². The van der Waals surface area contributed by atoms with Crippen molar-refractivity contribution in [1.29, 1.82) is 0 Å². The summed E-state index contributed by atoms with van der Waals surface area (Å²) in [5.41, 5.74) is 1.25. The highest BCUT2D eigenvalue weighted by molar-refractivity contribution is 5.86. The highest BCUT2D eigenvalue weighted by Crippen LogP contribution is 2.30. The summed E-state index contributed by atoms with van der Waals surface area (Å²) in [6.45, 7) is 0.640. The number of hydrogen-bond donors (Lipinski definition) is 0. The van der Waals surface area contributed by atoms with E-state index in [9.17, 15) is 4.79 Å². The van der Waals surface area contributed by atoms with E-state index in [-0.39, 0.29) is 12.0 Å². The number of fused-ring (bicyclic) bond motifs is 1. The third-order valence-electron chi connectivity index (χ3n) is 3.52. The maximum atomic E-state index is 11.5. The fourth-order valence-electron chi connectivity index (χ4n) is 2.57. The molecule has 0 bridgehead atoms. The summed E-state index contributed by atoms with van der Waals surface area (Å²) in [7, 11) is 1.40. The normalized spacial score (nSPS) is 17.9. The molecule has 3 nitrogen and oxygen atoms in total. The molecule has 0 aliphatic carbocycles. The minimum Gasteiger partial charge on any atom is -0.452 e. The van der Waals surface area contributed by atoms with E-state index in [1.165, 1.54) is 23.4 Å². The van der Waals surface area contributed by atoms with Crippen molar-refractivity contribution in [2.75, 3.05) is 13.7 Å². The molecule has 19 heavy (non-hydrogen) atoms. The van der Waals surface area contributed by atoms with Gasteiger partial charge in [0.1, 0.15) is 0 Å². The van der Waals surface area contributed by atoms with Gasteiger partial charge < -0.3 is 4.74 Å². The predicted molar refractivity (Wildman–Crippen MR) is 74.9 cm³/mol. The van der Waals surface area contributed by atoms with E-state index < -0.39 is 0 Å². The van der Waals surface area contributed by atoms with Crippen LogP contribution in [0.15, 0.2) is 54.7 Å². The molecule has 0 saturated heterocycles. The van der Waals surface area contributed by atoms with E-state index in [2.05, 4.69) is 36.4 Å². The molecule has 96 valence electrons. The first-order valence-electron chi connectivity index (χ1n) is 6.30. The Hall–Kier alpha value is -2.29. The smallest absolute Gasteiger partial charge is 0.413 e. The molecule has 0 spiro atoms. The average Bonchev–Trinajstić information content (AvgIpc) is 2.95. The Morgan fingerprint density at radius 2 is 2.00 bits per heavy atom. The van der Waals surface area contributed by atoms with Gasteiger partial charge in [-0.25, -0.2) is 4.79 Å².